The zero-order valence-electron chi connectivity index (χ0n) is 12.9. The third kappa shape index (κ3) is 2.53. The van der Waals surface area contributed by atoms with Gasteiger partial charge in [-0.15, -0.1) is 0 Å². The van der Waals surface area contributed by atoms with Crippen LogP contribution in [-0.4, -0.2) is 19.7 Å². The van der Waals surface area contributed by atoms with Crippen molar-refractivity contribution in [2.24, 2.45) is 0 Å². The van der Waals surface area contributed by atoms with Gasteiger partial charge in [0.15, 0.2) is 5.82 Å². The topological polar surface area (TPSA) is 43.6 Å². The number of benzene rings is 1. The largest absolute Gasteiger partial charge is 0.270 e. The van der Waals surface area contributed by atoms with Gasteiger partial charge in [0.1, 0.15) is 0 Å². The summed E-state index contributed by atoms with van der Waals surface area (Å²) in [5, 5.41) is 5.49. The van der Waals surface area contributed by atoms with Gasteiger partial charge < -0.3 is 0 Å². The van der Waals surface area contributed by atoms with Crippen molar-refractivity contribution in [3.05, 3.63) is 42.4 Å². The molecule has 3 aromatic rings. The maximum Gasteiger partial charge on any atom is 0.162 e. The lowest BCUT2D eigenvalue weighted by Crippen LogP contribution is -1.99. The van der Waals surface area contributed by atoms with E-state index in [0.717, 1.165) is 22.3 Å². The minimum Gasteiger partial charge on any atom is -0.270 e. The summed E-state index contributed by atoms with van der Waals surface area (Å²) in [6, 6.07) is 6.59. The molecule has 0 aliphatic rings. The summed E-state index contributed by atoms with van der Waals surface area (Å²) in [6.07, 6.45) is 5.76. The van der Waals surface area contributed by atoms with Gasteiger partial charge >= 0.3 is 0 Å². The lowest BCUT2D eigenvalue weighted by Gasteiger charge is -2.09. The lowest BCUT2D eigenvalue weighted by molar-refractivity contribution is 0.532. The fraction of sp³-hybridized carbons (Fsp3) is 0.353. The van der Waals surface area contributed by atoms with Crippen LogP contribution in [0.25, 0.3) is 22.3 Å². The fourth-order valence-corrected chi connectivity index (χ4v) is 2.46. The van der Waals surface area contributed by atoms with E-state index in [1.54, 1.807) is 0 Å². The van der Waals surface area contributed by atoms with Crippen LogP contribution < -0.4 is 0 Å². The second kappa shape index (κ2) is 5.28. The van der Waals surface area contributed by atoms with Crippen molar-refractivity contribution in [3.63, 3.8) is 0 Å². The third-order valence-corrected chi connectivity index (χ3v) is 3.67. The maximum absolute atomic E-state index is 4.70. The first-order valence-corrected chi connectivity index (χ1v) is 7.36. The summed E-state index contributed by atoms with van der Waals surface area (Å²) in [5.41, 5.74) is 3.24. The minimum absolute atomic E-state index is 0.340. The van der Waals surface area contributed by atoms with Gasteiger partial charge in [0.05, 0.1) is 17.3 Å². The van der Waals surface area contributed by atoms with E-state index in [9.17, 15) is 0 Å². The standard InChI is InChI=1S/C17H20N4/c1-11(2)14-6-5-7-16-15(14)9-18-17(20-16)13-8-19-21(10-13)12(3)4/h5-12H,1-4H3. The van der Waals surface area contributed by atoms with Gasteiger partial charge in [0.25, 0.3) is 0 Å². The molecule has 0 atom stereocenters. The highest BCUT2D eigenvalue weighted by Gasteiger charge is 2.10. The number of hydrogen-bond donors (Lipinski definition) is 0. The first kappa shape index (κ1) is 13.7. The van der Waals surface area contributed by atoms with Crippen molar-refractivity contribution in [1.82, 2.24) is 19.7 Å². The van der Waals surface area contributed by atoms with Gasteiger partial charge in [-0.2, -0.15) is 5.10 Å². The zero-order valence-corrected chi connectivity index (χ0v) is 12.9. The average molecular weight is 280 g/mol. The molecule has 0 unspecified atom stereocenters. The van der Waals surface area contributed by atoms with Crippen LogP contribution in [0.3, 0.4) is 0 Å². The first-order valence-electron chi connectivity index (χ1n) is 7.36. The highest BCUT2D eigenvalue weighted by molar-refractivity contribution is 5.83. The van der Waals surface area contributed by atoms with E-state index in [1.165, 1.54) is 5.56 Å². The smallest absolute Gasteiger partial charge is 0.162 e. The lowest BCUT2D eigenvalue weighted by atomic mass is 9.99. The second-order valence-electron chi connectivity index (χ2n) is 5.93. The molecule has 2 heterocycles. The quantitative estimate of drug-likeness (QED) is 0.722. The molecule has 0 aliphatic carbocycles. The van der Waals surface area contributed by atoms with E-state index in [1.807, 2.05) is 29.3 Å². The fourth-order valence-electron chi connectivity index (χ4n) is 2.46. The van der Waals surface area contributed by atoms with Gasteiger partial charge in [-0.25, -0.2) is 9.97 Å². The Balaban J connectivity index is 2.08. The van der Waals surface area contributed by atoms with Crippen LogP contribution >= 0.6 is 0 Å². The molecule has 0 aliphatic heterocycles. The Morgan fingerprint density at radius 1 is 1.05 bits per heavy atom. The Kier molecular flexibility index (Phi) is 3.45. The highest BCUT2D eigenvalue weighted by atomic mass is 15.3. The van der Waals surface area contributed by atoms with Crippen LogP contribution in [0, 0.1) is 0 Å². The van der Waals surface area contributed by atoms with Gasteiger partial charge in [-0.1, -0.05) is 26.0 Å². The molecule has 1 aromatic carbocycles. The summed E-state index contributed by atoms with van der Waals surface area (Å²) in [4.78, 5) is 9.23. The van der Waals surface area contributed by atoms with Gasteiger partial charge in [-0.05, 0) is 31.4 Å². The predicted molar refractivity (Wildman–Crippen MR) is 85.2 cm³/mol. The van der Waals surface area contributed by atoms with Crippen molar-refractivity contribution in [3.8, 4) is 11.4 Å². The minimum atomic E-state index is 0.340. The SMILES string of the molecule is CC(C)c1cccc2nc(-c3cnn(C(C)C)c3)ncc12. The maximum atomic E-state index is 4.70. The summed E-state index contributed by atoms with van der Waals surface area (Å²) in [7, 11) is 0. The Morgan fingerprint density at radius 3 is 2.52 bits per heavy atom. The molecule has 0 saturated carbocycles. The number of hydrogen-bond acceptors (Lipinski definition) is 3. The molecule has 4 heteroatoms. The molecular weight excluding hydrogens is 260 g/mol. The molecule has 4 nitrogen and oxygen atoms in total. The van der Waals surface area contributed by atoms with Crippen LogP contribution in [0.15, 0.2) is 36.8 Å². The van der Waals surface area contributed by atoms with E-state index < -0.39 is 0 Å². The Morgan fingerprint density at radius 2 is 1.86 bits per heavy atom. The number of rotatable bonds is 3. The average Bonchev–Trinajstić information content (AvgIpc) is 2.96. The molecule has 0 N–H and O–H groups in total. The number of fused-ring (bicyclic) bond motifs is 1. The molecular formula is C17H20N4. The van der Waals surface area contributed by atoms with Crippen LogP contribution in [0.5, 0.6) is 0 Å². The monoisotopic (exact) mass is 280 g/mol. The van der Waals surface area contributed by atoms with Crippen molar-refractivity contribution < 1.29 is 0 Å². The van der Waals surface area contributed by atoms with Crippen molar-refractivity contribution in [2.75, 3.05) is 0 Å². The molecule has 3 rings (SSSR count). The Labute approximate surface area is 124 Å². The molecule has 0 radical (unpaired) electrons. The molecule has 0 amide bonds. The van der Waals surface area contributed by atoms with E-state index in [-0.39, 0.29) is 0 Å². The summed E-state index contributed by atoms with van der Waals surface area (Å²) in [5.74, 6) is 1.20. The normalized spacial score (nSPS) is 11.7. The van der Waals surface area contributed by atoms with Crippen molar-refractivity contribution in [1.29, 1.82) is 0 Å². The Hall–Kier alpha value is -2.23. The van der Waals surface area contributed by atoms with E-state index >= 15 is 0 Å². The molecule has 2 aromatic heterocycles. The van der Waals surface area contributed by atoms with Crippen LogP contribution in [0.2, 0.25) is 0 Å². The molecule has 0 bridgehead atoms. The van der Waals surface area contributed by atoms with Gasteiger partial charge in [0.2, 0.25) is 0 Å². The predicted octanol–water partition coefficient (Wildman–Crippen LogP) is 4.20. The summed E-state index contributed by atoms with van der Waals surface area (Å²) >= 11 is 0. The molecule has 0 spiro atoms. The second-order valence-corrected chi connectivity index (χ2v) is 5.93. The molecule has 0 saturated heterocycles. The van der Waals surface area contributed by atoms with E-state index in [0.29, 0.717) is 12.0 Å². The zero-order chi connectivity index (χ0) is 15.0. The summed E-state index contributed by atoms with van der Waals surface area (Å²) in [6.45, 7) is 8.59. The third-order valence-electron chi connectivity index (χ3n) is 3.67. The molecule has 21 heavy (non-hydrogen) atoms. The Bertz CT molecular complexity index is 771. The first-order chi connectivity index (χ1) is 10.1. The molecule has 0 fully saturated rings. The van der Waals surface area contributed by atoms with Gasteiger partial charge in [0, 0.05) is 23.8 Å². The van der Waals surface area contributed by atoms with E-state index in [2.05, 4.69) is 49.9 Å². The number of nitrogens with zero attached hydrogens (tertiary/aromatic N) is 4. The van der Waals surface area contributed by atoms with Crippen LogP contribution in [0.4, 0.5) is 0 Å². The summed E-state index contributed by atoms with van der Waals surface area (Å²) < 4.78 is 1.92. The number of aromatic nitrogens is 4. The van der Waals surface area contributed by atoms with Crippen LogP contribution in [-0.2, 0) is 0 Å². The highest BCUT2D eigenvalue weighted by Crippen LogP contribution is 2.25. The van der Waals surface area contributed by atoms with Crippen LogP contribution in [0.1, 0.15) is 45.2 Å². The van der Waals surface area contributed by atoms with Gasteiger partial charge in [-0.3, -0.25) is 4.68 Å². The van der Waals surface area contributed by atoms with Crippen molar-refractivity contribution in [2.45, 2.75) is 39.7 Å². The van der Waals surface area contributed by atoms with E-state index in [4.69, 9.17) is 4.98 Å². The molecule has 108 valence electrons. The van der Waals surface area contributed by atoms with Crippen molar-refractivity contribution >= 4 is 10.9 Å².